The van der Waals surface area contributed by atoms with Crippen molar-refractivity contribution in [3.63, 3.8) is 0 Å². The van der Waals surface area contributed by atoms with E-state index >= 15 is 0 Å². The summed E-state index contributed by atoms with van der Waals surface area (Å²) in [6, 6.07) is 8.38. The zero-order chi connectivity index (χ0) is 17.0. The summed E-state index contributed by atoms with van der Waals surface area (Å²) in [6.45, 7) is 3.91. The predicted molar refractivity (Wildman–Crippen MR) is 85.0 cm³/mol. The molecule has 1 aromatic rings. The number of aliphatic carboxylic acids is 1. The second kappa shape index (κ2) is 6.81. The van der Waals surface area contributed by atoms with E-state index in [0.29, 0.717) is 18.5 Å². The number of hydrogen-bond donors (Lipinski definition) is 2. The van der Waals surface area contributed by atoms with Crippen LogP contribution >= 0.6 is 0 Å². The fourth-order valence-electron chi connectivity index (χ4n) is 2.95. The molecule has 0 saturated carbocycles. The number of nitrogens with zero attached hydrogens (tertiary/aromatic N) is 1. The molecule has 1 aliphatic heterocycles. The van der Waals surface area contributed by atoms with Crippen molar-refractivity contribution in [2.75, 3.05) is 6.54 Å². The summed E-state index contributed by atoms with van der Waals surface area (Å²) in [5.74, 6) is -1.44. The van der Waals surface area contributed by atoms with Gasteiger partial charge < -0.3 is 15.3 Å². The summed E-state index contributed by atoms with van der Waals surface area (Å²) in [5, 5.41) is 11.5. The van der Waals surface area contributed by atoms with Gasteiger partial charge in [-0.05, 0) is 38.8 Å². The van der Waals surface area contributed by atoms with Crippen LogP contribution < -0.4 is 5.32 Å². The van der Waals surface area contributed by atoms with Crippen molar-refractivity contribution >= 4 is 17.8 Å². The molecule has 2 rings (SSSR count). The van der Waals surface area contributed by atoms with Gasteiger partial charge in [-0.25, -0.2) is 0 Å². The molecule has 2 atom stereocenters. The molecule has 1 fully saturated rings. The van der Waals surface area contributed by atoms with Gasteiger partial charge in [-0.2, -0.15) is 0 Å². The van der Waals surface area contributed by atoms with Crippen molar-refractivity contribution < 1.29 is 19.5 Å². The first-order valence-electron chi connectivity index (χ1n) is 7.74. The van der Waals surface area contributed by atoms with Crippen LogP contribution in [0.1, 0.15) is 43.5 Å². The van der Waals surface area contributed by atoms with Crippen molar-refractivity contribution in [1.29, 1.82) is 0 Å². The fourth-order valence-corrected chi connectivity index (χ4v) is 2.95. The molecule has 0 bridgehead atoms. The molecule has 6 heteroatoms. The van der Waals surface area contributed by atoms with Crippen molar-refractivity contribution in [3.05, 3.63) is 35.9 Å². The maximum Gasteiger partial charge on any atom is 0.305 e. The average Bonchev–Trinajstić information content (AvgIpc) is 2.89. The van der Waals surface area contributed by atoms with Gasteiger partial charge in [0.1, 0.15) is 5.54 Å². The van der Waals surface area contributed by atoms with Crippen molar-refractivity contribution in [1.82, 2.24) is 10.2 Å². The molecule has 1 aliphatic rings. The molecule has 0 spiro atoms. The van der Waals surface area contributed by atoms with Gasteiger partial charge >= 0.3 is 5.97 Å². The minimum atomic E-state index is -0.966. The van der Waals surface area contributed by atoms with Crippen LogP contribution in [0.5, 0.6) is 0 Å². The summed E-state index contributed by atoms with van der Waals surface area (Å²) < 4.78 is 0. The minimum Gasteiger partial charge on any atom is -0.481 e. The van der Waals surface area contributed by atoms with E-state index in [0.717, 1.165) is 6.42 Å². The van der Waals surface area contributed by atoms with Gasteiger partial charge in [-0.3, -0.25) is 14.4 Å². The van der Waals surface area contributed by atoms with Crippen molar-refractivity contribution in [3.8, 4) is 0 Å². The van der Waals surface area contributed by atoms with E-state index in [2.05, 4.69) is 5.32 Å². The SMILES string of the molecule is CC(CC(=O)O)NC(=O)C1(C)CCCN1C(=O)c1ccccc1. The zero-order valence-corrected chi connectivity index (χ0v) is 13.4. The Kier molecular flexibility index (Phi) is 5.03. The first-order chi connectivity index (χ1) is 10.8. The molecule has 1 heterocycles. The van der Waals surface area contributed by atoms with E-state index < -0.39 is 17.6 Å². The number of carbonyl (C=O) groups is 3. The van der Waals surface area contributed by atoms with Crippen molar-refractivity contribution in [2.24, 2.45) is 0 Å². The summed E-state index contributed by atoms with van der Waals surface area (Å²) in [4.78, 5) is 37.6. The largest absolute Gasteiger partial charge is 0.481 e. The summed E-state index contributed by atoms with van der Waals surface area (Å²) in [5.41, 5.74) is -0.397. The Labute approximate surface area is 135 Å². The Morgan fingerprint density at radius 3 is 2.57 bits per heavy atom. The van der Waals surface area contributed by atoms with E-state index in [1.54, 1.807) is 43.0 Å². The van der Waals surface area contributed by atoms with Crippen molar-refractivity contribution in [2.45, 2.75) is 44.7 Å². The molecule has 0 radical (unpaired) electrons. The van der Waals surface area contributed by atoms with Crippen LogP contribution in [0.25, 0.3) is 0 Å². The molecule has 2 N–H and O–H groups in total. The Balaban J connectivity index is 2.14. The molecule has 2 unspecified atom stereocenters. The number of likely N-dealkylation sites (tertiary alicyclic amines) is 1. The number of benzene rings is 1. The number of rotatable bonds is 5. The number of amides is 2. The average molecular weight is 318 g/mol. The van der Waals surface area contributed by atoms with E-state index in [1.807, 2.05) is 6.07 Å². The zero-order valence-electron chi connectivity index (χ0n) is 13.4. The minimum absolute atomic E-state index is 0.144. The Hall–Kier alpha value is -2.37. The quantitative estimate of drug-likeness (QED) is 0.864. The summed E-state index contributed by atoms with van der Waals surface area (Å²) in [7, 11) is 0. The topological polar surface area (TPSA) is 86.7 Å². The lowest BCUT2D eigenvalue weighted by Crippen LogP contribution is -2.57. The molecule has 2 amide bonds. The molecule has 0 aromatic heterocycles. The third-order valence-corrected chi connectivity index (χ3v) is 4.25. The van der Waals surface area contributed by atoms with Gasteiger partial charge in [-0.15, -0.1) is 0 Å². The highest BCUT2D eigenvalue weighted by Gasteiger charge is 2.46. The van der Waals surface area contributed by atoms with E-state index in [4.69, 9.17) is 5.11 Å². The molecule has 1 saturated heterocycles. The predicted octanol–water partition coefficient (Wildman–Crippen LogP) is 1.66. The van der Waals surface area contributed by atoms with E-state index in [1.165, 1.54) is 0 Å². The lowest BCUT2D eigenvalue weighted by atomic mass is 9.96. The Morgan fingerprint density at radius 2 is 1.96 bits per heavy atom. The second-order valence-corrected chi connectivity index (χ2v) is 6.17. The molecular formula is C17H22N2O4. The first-order valence-corrected chi connectivity index (χ1v) is 7.74. The maximum absolute atomic E-state index is 12.7. The normalized spacial score (nSPS) is 21.7. The fraction of sp³-hybridized carbons (Fsp3) is 0.471. The standard InChI is InChI=1S/C17H22N2O4/c1-12(11-14(20)21)18-16(23)17(2)9-6-10-19(17)15(22)13-7-4-3-5-8-13/h3-5,7-8,12H,6,9-11H2,1-2H3,(H,18,23)(H,20,21). The lowest BCUT2D eigenvalue weighted by Gasteiger charge is -2.34. The van der Waals surface area contributed by atoms with Crippen LogP contribution in [0.2, 0.25) is 0 Å². The van der Waals surface area contributed by atoms with Crippen LogP contribution in [0, 0.1) is 0 Å². The third kappa shape index (κ3) is 3.70. The highest BCUT2D eigenvalue weighted by Crippen LogP contribution is 2.31. The Bertz CT molecular complexity index is 602. The van der Waals surface area contributed by atoms with Gasteiger partial charge in [0, 0.05) is 18.2 Å². The molecule has 0 aliphatic carbocycles. The molecule has 1 aromatic carbocycles. The molecular weight excluding hydrogens is 296 g/mol. The number of nitrogens with one attached hydrogen (secondary N) is 1. The van der Waals surface area contributed by atoms with E-state index in [-0.39, 0.29) is 18.2 Å². The smallest absolute Gasteiger partial charge is 0.305 e. The van der Waals surface area contributed by atoms with Crippen LogP contribution in [0.4, 0.5) is 0 Å². The van der Waals surface area contributed by atoms with Gasteiger partial charge in [0.05, 0.1) is 6.42 Å². The molecule has 124 valence electrons. The summed E-state index contributed by atoms with van der Waals surface area (Å²) in [6.07, 6.45) is 1.17. The lowest BCUT2D eigenvalue weighted by molar-refractivity contribution is -0.138. The van der Waals surface area contributed by atoms with Gasteiger partial charge in [0.15, 0.2) is 0 Å². The van der Waals surface area contributed by atoms with Crippen LogP contribution in [0.3, 0.4) is 0 Å². The van der Waals surface area contributed by atoms with Gasteiger partial charge in [-0.1, -0.05) is 18.2 Å². The highest BCUT2D eigenvalue weighted by atomic mass is 16.4. The molecule has 23 heavy (non-hydrogen) atoms. The monoisotopic (exact) mass is 318 g/mol. The Morgan fingerprint density at radius 1 is 1.30 bits per heavy atom. The number of hydrogen-bond acceptors (Lipinski definition) is 3. The number of carboxylic acid groups (broad SMARTS) is 1. The van der Waals surface area contributed by atoms with Crippen LogP contribution in [-0.2, 0) is 9.59 Å². The second-order valence-electron chi connectivity index (χ2n) is 6.17. The third-order valence-electron chi connectivity index (χ3n) is 4.25. The van der Waals surface area contributed by atoms with Gasteiger partial charge in [0.2, 0.25) is 5.91 Å². The maximum atomic E-state index is 12.7. The van der Waals surface area contributed by atoms with E-state index in [9.17, 15) is 14.4 Å². The highest BCUT2D eigenvalue weighted by molar-refractivity contribution is 5.99. The first kappa shape index (κ1) is 17.0. The molecule has 6 nitrogen and oxygen atoms in total. The number of carboxylic acids is 1. The van der Waals surface area contributed by atoms with Gasteiger partial charge in [0.25, 0.3) is 5.91 Å². The summed E-state index contributed by atoms with van der Waals surface area (Å²) >= 11 is 0. The number of carbonyl (C=O) groups excluding carboxylic acids is 2. The van der Waals surface area contributed by atoms with Crippen LogP contribution in [0.15, 0.2) is 30.3 Å². The van der Waals surface area contributed by atoms with Crippen LogP contribution in [-0.4, -0.2) is 45.9 Å².